The molecule has 1 heterocycles. The van der Waals surface area contributed by atoms with Crippen molar-refractivity contribution in [2.45, 2.75) is 68.0 Å². The van der Waals surface area contributed by atoms with E-state index in [4.69, 9.17) is 5.11 Å². The molecule has 0 aliphatic carbocycles. The summed E-state index contributed by atoms with van der Waals surface area (Å²) in [7, 11) is 0. The number of β-amino-alcohol motifs (C(OH)–C–C–N with tert-alkyl or cyclic N) is 1. The van der Waals surface area contributed by atoms with Gasteiger partial charge in [-0.15, -0.1) is 0 Å². The van der Waals surface area contributed by atoms with Crippen molar-refractivity contribution in [1.82, 2.24) is 4.90 Å². The molecular weight excluding hydrogens is 354 g/mol. The normalized spacial score (nSPS) is 13.5. The predicted octanol–water partition coefficient (Wildman–Crippen LogP) is 4.93. The maximum Gasteiger partial charge on any atom is 0.123 e. The number of benzene rings is 1. The van der Waals surface area contributed by atoms with E-state index in [1.54, 1.807) is 0 Å². The van der Waals surface area contributed by atoms with Gasteiger partial charge >= 0.3 is 0 Å². The summed E-state index contributed by atoms with van der Waals surface area (Å²) in [5.74, 6) is 0.324. The molecule has 0 spiro atoms. The molecule has 0 amide bonds. The van der Waals surface area contributed by atoms with Crippen LogP contribution < -0.4 is 0 Å². The van der Waals surface area contributed by atoms with Crippen molar-refractivity contribution >= 4 is 0 Å². The van der Waals surface area contributed by atoms with E-state index in [0.717, 1.165) is 13.1 Å². The maximum atomic E-state index is 12.4. The molecule has 1 saturated heterocycles. The van der Waals surface area contributed by atoms with Gasteiger partial charge in [0.2, 0.25) is 0 Å². The third-order valence-corrected chi connectivity index (χ3v) is 3.16. The summed E-state index contributed by atoms with van der Waals surface area (Å²) in [4.78, 5) is 2.24. The fraction of sp³-hybridized carbons (Fsp3) is 0.667. The molecule has 4 heteroatoms. The van der Waals surface area contributed by atoms with Crippen LogP contribution in [0.4, 0.5) is 4.39 Å². The minimum absolute atomic E-state index is 0. The Kier molecular flexibility index (Phi) is 20.2. The van der Waals surface area contributed by atoms with E-state index in [-0.39, 0.29) is 66.9 Å². The Morgan fingerprint density at radius 2 is 1.41 bits per heavy atom. The molecule has 0 aromatic heterocycles. The molecule has 1 N–H and O–H groups in total. The van der Waals surface area contributed by atoms with Gasteiger partial charge in [0.25, 0.3) is 0 Å². The smallest absolute Gasteiger partial charge is 0.123 e. The zero-order chi connectivity index (χ0) is 13.7. The van der Waals surface area contributed by atoms with Gasteiger partial charge in [0.1, 0.15) is 5.82 Å². The molecule has 0 atom stereocenters. The summed E-state index contributed by atoms with van der Waals surface area (Å²) in [6, 6.07) is 7.24. The SMILES string of the molecule is C.C.C.CC(C)N1CC(O)C1.CC(C)c1ccc(F)cc1.[Y]. The number of rotatable bonds is 2. The van der Waals surface area contributed by atoms with Crippen molar-refractivity contribution in [2.75, 3.05) is 13.1 Å². The third-order valence-electron chi connectivity index (χ3n) is 3.16. The second-order valence-electron chi connectivity index (χ2n) is 5.41. The van der Waals surface area contributed by atoms with Gasteiger partial charge in [0.15, 0.2) is 0 Å². The van der Waals surface area contributed by atoms with Crippen LogP contribution in [0, 0.1) is 5.82 Å². The van der Waals surface area contributed by atoms with Gasteiger partial charge in [0, 0.05) is 51.8 Å². The van der Waals surface area contributed by atoms with Gasteiger partial charge in [-0.1, -0.05) is 48.3 Å². The molecule has 0 bridgehead atoms. The molecule has 1 aromatic carbocycles. The van der Waals surface area contributed by atoms with Crippen LogP contribution in [0.1, 0.15) is 61.5 Å². The van der Waals surface area contributed by atoms with Crippen molar-refractivity contribution < 1.29 is 42.2 Å². The molecular formula is C18H36FNOY. The Hall–Kier alpha value is 0.174. The first kappa shape index (κ1) is 30.1. The van der Waals surface area contributed by atoms with Crippen LogP contribution >= 0.6 is 0 Å². The predicted molar refractivity (Wildman–Crippen MR) is 93.4 cm³/mol. The zero-order valence-corrected chi connectivity index (χ0v) is 15.1. The van der Waals surface area contributed by atoms with Gasteiger partial charge in [0.05, 0.1) is 6.10 Å². The van der Waals surface area contributed by atoms with Crippen LogP contribution in [0.2, 0.25) is 0 Å². The van der Waals surface area contributed by atoms with Crippen LogP contribution in [-0.4, -0.2) is 35.2 Å². The second kappa shape index (κ2) is 14.7. The average molecular weight is 390 g/mol. The standard InChI is InChI=1S/C9H11F.C6H13NO.3CH4.Y/c1-7(2)8-3-5-9(10)6-4-8;1-5(2)7-3-6(8)4-7;;;;/h3-7H,1-2H3;5-6,8H,3-4H2,1-2H3;3*1H4;. The summed E-state index contributed by atoms with van der Waals surface area (Å²) in [6.07, 6.45) is -0.0441. The largest absolute Gasteiger partial charge is 0.390 e. The number of likely N-dealkylation sites (tertiary alicyclic amines) is 1. The van der Waals surface area contributed by atoms with Crippen molar-refractivity contribution in [2.24, 2.45) is 0 Å². The number of hydrogen-bond acceptors (Lipinski definition) is 2. The quantitative estimate of drug-likeness (QED) is 0.774. The van der Waals surface area contributed by atoms with Crippen LogP contribution in [0.3, 0.4) is 0 Å². The number of nitrogens with zero attached hydrogens (tertiary/aromatic N) is 1. The van der Waals surface area contributed by atoms with Crippen LogP contribution in [0.15, 0.2) is 24.3 Å². The molecule has 2 rings (SSSR count). The van der Waals surface area contributed by atoms with E-state index >= 15 is 0 Å². The molecule has 0 unspecified atom stereocenters. The van der Waals surface area contributed by atoms with Gasteiger partial charge in [-0.25, -0.2) is 4.39 Å². The van der Waals surface area contributed by atoms with Gasteiger partial charge in [-0.3, -0.25) is 4.90 Å². The fourth-order valence-corrected chi connectivity index (χ4v) is 1.76. The second-order valence-corrected chi connectivity index (χ2v) is 5.41. The van der Waals surface area contributed by atoms with E-state index in [0.29, 0.717) is 12.0 Å². The minimum Gasteiger partial charge on any atom is -0.390 e. The summed E-state index contributed by atoms with van der Waals surface area (Å²) < 4.78 is 12.4. The maximum absolute atomic E-state index is 12.4. The first-order valence-corrected chi connectivity index (χ1v) is 6.57. The molecule has 1 aromatic rings. The Morgan fingerprint density at radius 3 is 1.64 bits per heavy atom. The summed E-state index contributed by atoms with van der Waals surface area (Å²) in [6.45, 7) is 10.2. The van der Waals surface area contributed by atoms with Crippen LogP contribution in [-0.2, 0) is 32.7 Å². The molecule has 1 aliphatic heterocycles. The summed E-state index contributed by atoms with van der Waals surface area (Å²) >= 11 is 0. The third kappa shape index (κ3) is 10.8. The molecule has 0 saturated carbocycles. The minimum atomic E-state index is -0.163. The van der Waals surface area contributed by atoms with E-state index in [9.17, 15) is 4.39 Å². The molecule has 1 fully saturated rings. The van der Waals surface area contributed by atoms with Gasteiger partial charge in [-0.2, -0.15) is 0 Å². The fourth-order valence-electron chi connectivity index (χ4n) is 1.76. The number of aliphatic hydroxyl groups is 1. The van der Waals surface area contributed by atoms with E-state index in [2.05, 4.69) is 32.6 Å². The van der Waals surface area contributed by atoms with E-state index < -0.39 is 0 Å². The Labute approximate surface area is 163 Å². The average Bonchev–Trinajstić information content (AvgIpc) is 2.26. The zero-order valence-electron chi connectivity index (χ0n) is 12.3. The van der Waals surface area contributed by atoms with Gasteiger partial charge in [-0.05, 0) is 37.5 Å². The van der Waals surface area contributed by atoms with Crippen molar-refractivity contribution in [3.05, 3.63) is 35.6 Å². The van der Waals surface area contributed by atoms with Crippen molar-refractivity contribution in [1.29, 1.82) is 0 Å². The Balaban J connectivity index is -0.000000126. The monoisotopic (exact) mass is 390 g/mol. The van der Waals surface area contributed by atoms with Crippen molar-refractivity contribution in [3.8, 4) is 0 Å². The van der Waals surface area contributed by atoms with E-state index in [1.807, 2.05) is 12.1 Å². The van der Waals surface area contributed by atoms with Gasteiger partial charge < -0.3 is 5.11 Å². The Bertz CT molecular complexity index is 349. The first-order chi connectivity index (χ1) is 8.40. The van der Waals surface area contributed by atoms with Crippen molar-refractivity contribution in [3.63, 3.8) is 0 Å². The molecule has 2 nitrogen and oxygen atoms in total. The molecule has 22 heavy (non-hydrogen) atoms. The molecule has 129 valence electrons. The topological polar surface area (TPSA) is 23.5 Å². The summed E-state index contributed by atoms with van der Waals surface area (Å²) in [5, 5.41) is 8.83. The van der Waals surface area contributed by atoms with Crippen LogP contribution in [0.25, 0.3) is 0 Å². The molecule has 1 radical (unpaired) electrons. The summed E-state index contributed by atoms with van der Waals surface area (Å²) in [5.41, 5.74) is 1.18. The molecule has 1 aliphatic rings. The number of aliphatic hydroxyl groups excluding tert-OH is 1. The van der Waals surface area contributed by atoms with Crippen LogP contribution in [0.5, 0.6) is 0 Å². The number of hydrogen-bond donors (Lipinski definition) is 1. The number of halogens is 1. The van der Waals surface area contributed by atoms with E-state index in [1.165, 1.54) is 17.7 Å². The Morgan fingerprint density at radius 1 is 1.00 bits per heavy atom. The first-order valence-electron chi connectivity index (χ1n) is 6.57.